The molecule has 0 fully saturated rings. The molecule has 1 atom stereocenters. The number of hydrogen-bond donors (Lipinski definition) is 1. The summed E-state index contributed by atoms with van der Waals surface area (Å²) < 4.78 is 7.04. The predicted molar refractivity (Wildman–Crippen MR) is 92.1 cm³/mol. The number of halogens is 1. The molecule has 2 aromatic rings. The molecule has 0 saturated heterocycles. The Balaban J connectivity index is 2.21. The molecule has 0 bridgehead atoms. The SMILES string of the molecule is CCNC(C)c1ccc(Oc2ccccc2CC)c(Br)c1. The third-order valence-corrected chi connectivity index (χ3v) is 4.16. The molecule has 3 heteroatoms. The normalized spacial score (nSPS) is 12.2. The van der Waals surface area contributed by atoms with Crippen LogP contribution >= 0.6 is 15.9 Å². The molecule has 2 aromatic carbocycles. The number of para-hydroxylation sites is 1. The number of hydrogen-bond acceptors (Lipinski definition) is 2. The van der Waals surface area contributed by atoms with E-state index < -0.39 is 0 Å². The maximum absolute atomic E-state index is 6.06. The van der Waals surface area contributed by atoms with Gasteiger partial charge in [0, 0.05) is 6.04 Å². The monoisotopic (exact) mass is 347 g/mol. The van der Waals surface area contributed by atoms with Gasteiger partial charge in [-0.25, -0.2) is 0 Å². The van der Waals surface area contributed by atoms with Gasteiger partial charge >= 0.3 is 0 Å². The Morgan fingerprint density at radius 3 is 2.52 bits per heavy atom. The summed E-state index contributed by atoms with van der Waals surface area (Å²) in [6.45, 7) is 7.38. The zero-order valence-corrected chi connectivity index (χ0v) is 14.4. The van der Waals surface area contributed by atoms with Crippen LogP contribution in [-0.2, 0) is 6.42 Å². The fourth-order valence-corrected chi connectivity index (χ4v) is 2.78. The molecule has 0 aromatic heterocycles. The summed E-state index contributed by atoms with van der Waals surface area (Å²) in [5, 5.41) is 3.41. The summed E-state index contributed by atoms with van der Waals surface area (Å²) in [5.74, 6) is 1.77. The molecule has 0 amide bonds. The molecular formula is C18H22BrNO. The van der Waals surface area contributed by atoms with Gasteiger partial charge in [0.2, 0.25) is 0 Å². The molecule has 1 N–H and O–H groups in total. The van der Waals surface area contributed by atoms with Crippen LogP contribution in [0.15, 0.2) is 46.9 Å². The largest absolute Gasteiger partial charge is 0.456 e. The van der Waals surface area contributed by atoms with Gasteiger partial charge in [0.15, 0.2) is 0 Å². The van der Waals surface area contributed by atoms with E-state index in [0.29, 0.717) is 6.04 Å². The molecule has 0 saturated carbocycles. The second kappa shape index (κ2) is 7.62. The summed E-state index contributed by atoms with van der Waals surface area (Å²) in [5.41, 5.74) is 2.47. The van der Waals surface area contributed by atoms with Gasteiger partial charge in [0.05, 0.1) is 4.47 Å². The molecule has 112 valence electrons. The Bertz CT molecular complexity index is 598. The van der Waals surface area contributed by atoms with E-state index in [2.05, 4.69) is 60.2 Å². The minimum atomic E-state index is 0.336. The Hall–Kier alpha value is -1.32. The topological polar surface area (TPSA) is 21.3 Å². The maximum atomic E-state index is 6.06. The first-order valence-electron chi connectivity index (χ1n) is 7.44. The number of nitrogens with one attached hydrogen (secondary N) is 1. The van der Waals surface area contributed by atoms with Crippen LogP contribution in [0.3, 0.4) is 0 Å². The first-order valence-corrected chi connectivity index (χ1v) is 8.23. The van der Waals surface area contributed by atoms with Crippen LogP contribution in [0.2, 0.25) is 0 Å². The van der Waals surface area contributed by atoms with Crippen molar-refractivity contribution < 1.29 is 4.74 Å². The van der Waals surface area contributed by atoms with Crippen molar-refractivity contribution >= 4 is 15.9 Å². The fraction of sp³-hybridized carbons (Fsp3) is 0.333. The molecule has 0 radical (unpaired) electrons. The smallest absolute Gasteiger partial charge is 0.141 e. The highest BCUT2D eigenvalue weighted by atomic mass is 79.9. The van der Waals surface area contributed by atoms with E-state index in [1.165, 1.54) is 11.1 Å². The van der Waals surface area contributed by atoms with Crippen LogP contribution < -0.4 is 10.1 Å². The Morgan fingerprint density at radius 2 is 1.86 bits per heavy atom. The van der Waals surface area contributed by atoms with Crippen molar-refractivity contribution in [2.45, 2.75) is 33.2 Å². The van der Waals surface area contributed by atoms with Gasteiger partial charge in [-0.05, 0) is 65.1 Å². The Kier molecular flexibility index (Phi) is 5.83. The van der Waals surface area contributed by atoms with E-state index in [4.69, 9.17) is 4.74 Å². The van der Waals surface area contributed by atoms with Crippen LogP contribution in [0.25, 0.3) is 0 Å². The van der Waals surface area contributed by atoms with Crippen molar-refractivity contribution in [3.05, 3.63) is 58.1 Å². The summed E-state index contributed by atoms with van der Waals surface area (Å²) in [4.78, 5) is 0. The highest BCUT2D eigenvalue weighted by molar-refractivity contribution is 9.10. The van der Waals surface area contributed by atoms with E-state index in [0.717, 1.165) is 28.9 Å². The second-order valence-electron chi connectivity index (χ2n) is 5.03. The molecule has 0 spiro atoms. The first-order chi connectivity index (χ1) is 10.2. The van der Waals surface area contributed by atoms with Gasteiger partial charge < -0.3 is 10.1 Å². The highest BCUT2D eigenvalue weighted by Crippen LogP contribution is 2.33. The molecule has 0 heterocycles. The van der Waals surface area contributed by atoms with E-state index >= 15 is 0 Å². The van der Waals surface area contributed by atoms with Crippen LogP contribution in [0, 0.1) is 0 Å². The Labute approximate surface area is 135 Å². The van der Waals surface area contributed by atoms with Gasteiger partial charge in [-0.1, -0.05) is 38.1 Å². The number of benzene rings is 2. The van der Waals surface area contributed by atoms with Gasteiger partial charge in [-0.3, -0.25) is 0 Å². The summed E-state index contributed by atoms with van der Waals surface area (Å²) in [6, 6.07) is 14.8. The van der Waals surface area contributed by atoms with E-state index in [1.807, 2.05) is 24.3 Å². The quantitative estimate of drug-likeness (QED) is 0.747. The third-order valence-electron chi connectivity index (χ3n) is 3.54. The van der Waals surface area contributed by atoms with Crippen molar-refractivity contribution in [1.82, 2.24) is 5.32 Å². The number of rotatable bonds is 6. The highest BCUT2D eigenvalue weighted by Gasteiger charge is 2.09. The van der Waals surface area contributed by atoms with Crippen LogP contribution in [0.4, 0.5) is 0 Å². The predicted octanol–water partition coefficient (Wildman–Crippen LogP) is 5.47. The molecule has 1 unspecified atom stereocenters. The van der Waals surface area contributed by atoms with E-state index in [-0.39, 0.29) is 0 Å². The fourth-order valence-electron chi connectivity index (χ4n) is 2.31. The average molecular weight is 348 g/mol. The molecule has 0 aliphatic heterocycles. The third kappa shape index (κ3) is 4.08. The lowest BCUT2D eigenvalue weighted by Crippen LogP contribution is -2.17. The number of aryl methyl sites for hydroxylation is 1. The van der Waals surface area contributed by atoms with Crippen molar-refractivity contribution in [1.29, 1.82) is 0 Å². The summed E-state index contributed by atoms with van der Waals surface area (Å²) >= 11 is 3.62. The van der Waals surface area contributed by atoms with Crippen molar-refractivity contribution in [2.24, 2.45) is 0 Å². The van der Waals surface area contributed by atoms with Gasteiger partial charge in [-0.2, -0.15) is 0 Å². The zero-order chi connectivity index (χ0) is 15.2. The average Bonchev–Trinajstić information content (AvgIpc) is 2.50. The summed E-state index contributed by atoms with van der Waals surface area (Å²) in [7, 11) is 0. The van der Waals surface area contributed by atoms with E-state index in [9.17, 15) is 0 Å². The lowest BCUT2D eigenvalue weighted by atomic mass is 10.1. The molecule has 21 heavy (non-hydrogen) atoms. The van der Waals surface area contributed by atoms with Crippen LogP contribution in [0.1, 0.15) is 37.9 Å². The summed E-state index contributed by atoms with van der Waals surface area (Å²) in [6.07, 6.45) is 0.962. The maximum Gasteiger partial charge on any atom is 0.141 e. The minimum absolute atomic E-state index is 0.336. The standard InChI is InChI=1S/C18H22BrNO/c1-4-14-8-6-7-9-17(14)21-18-11-10-15(12-16(18)19)13(3)20-5-2/h6-13,20H,4-5H2,1-3H3. The molecular weight excluding hydrogens is 326 g/mol. The van der Waals surface area contributed by atoms with Gasteiger partial charge in [-0.15, -0.1) is 0 Å². The second-order valence-corrected chi connectivity index (χ2v) is 5.89. The zero-order valence-electron chi connectivity index (χ0n) is 12.8. The molecule has 2 rings (SSSR count). The van der Waals surface area contributed by atoms with Crippen LogP contribution in [-0.4, -0.2) is 6.54 Å². The lowest BCUT2D eigenvalue weighted by molar-refractivity contribution is 0.473. The molecule has 0 aliphatic carbocycles. The van der Waals surface area contributed by atoms with Crippen LogP contribution in [0.5, 0.6) is 11.5 Å². The molecule has 2 nitrogen and oxygen atoms in total. The molecule has 0 aliphatic rings. The van der Waals surface area contributed by atoms with Gasteiger partial charge in [0.25, 0.3) is 0 Å². The first kappa shape index (κ1) is 16.1. The van der Waals surface area contributed by atoms with Crippen molar-refractivity contribution in [3.63, 3.8) is 0 Å². The van der Waals surface area contributed by atoms with E-state index in [1.54, 1.807) is 0 Å². The van der Waals surface area contributed by atoms with Gasteiger partial charge in [0.1, 0.15) is 11.5 Å². The number of ether oxygens (including phenoxy) is 1. The minimum Gasteiger partial charge on any atom is -0.456 e. The lowest BCUT2D eigenvalue weighted by Gasteiger charge is -2.16. The Morgan fingerprint density at radius 1 is 1.10 bits per heavy atom. The van der Waals surface area contributed by atoms with Crippen molar-refractivity contribution in [3.8, 4) is 11.5 Å². The van der Waals surface area contributed by atoms with Crippen molar-refractivity contribution in [2.75, 3.05) is 6.54 Å².